The Bertz CT molecular complexity index is 692. The fourth-order valence-electron chi connectivity index (χ4n) is 1.90. The van der Waals surface area contributed by atoms with Crippen LogP contribution in [0.25, 0.3) is 0 Å². The summed E-state index contributed by atoms with van der Waals surface area (Å²) >= 11 is 0. The molecule has 2 aromatic rings. The van der Waals surface area contributed by atoms with Gasteiger partial charge in [-0.3, -0.25) is 20.4 Å². The van der Waals surface area contributed by atoms with Crippen molar-refractivity contribution in [3.8, 4) is 5.75 Å². The Kier molecular flexibility index (Phi) is 6.85. The zero-order valence-corrected chi connectivity index (χ0v) is 14.1. The molecule has 2 rings (SSSR count). The van der Waals surface area contributed by atoms with E-state index in [-0.39, 0.29) is 18.9 Å². The van der Waals surface area contributed by atoms with E-state index < -0.39 is 12.0 Å². The van der Waals surface area contributed by atoms with Crippen molar-refractivity contribution in [2.75, 3.05) is 7.11 Å². The van der Waals surface area contributed by atoms with Crippen LogP contribution >= 0.6 is 0 Å². The Morgan fingerprint density at radius 2 is 1.76 bits per heavy atom. The van der Waals surface area contributed by atoms with E-state index in [1.54, 1.807) is 14.0 Å². The number of aromatic nitrogens is 2. The van der Waals surface area contributed by atoms with Crippen LogP contribution in [0.1, 0.15) is 18.1 Å². The Morgan fingerprint density at radius 3 is 2.40 bits per heavy atom. The first kappa shape index (κ1) is 18.3. The van der Waals surface area contributed by atoms with Gasteiger partial charge in [-0.05, 0) is 30.2 Å². The molecule has 1 aromatic carbocycles. The third-order valence-electron chi connectivity index (χ3n) is 3.33. The van der Waals surface area contributed by atoms with Gasteiger partial charge in [-0.25, -0.2) is 9.97 Å². The van der Waals surface area contributed by atoms with E-state index in [1.165, 1.54) is 18.7 Å². The van der Waals surface area contributed by atoms with E-state index in [2.05, 4.69) is 20.8 Å². The van der Waals surface area contributed by atoms with Crippen molar-refractivity contribution >= 4 is 11.8 Å². The van der Waals surface area contributed by atoms with Crippen molar-refractivity contribution in [2.24, 2.45) is 0 Å². The van der Waals surface area contributed by atoms with Gasteiger partial charge in [0.1, 0.15) is 18.2 Å². The summed E-state index contributed by atoms with van der Waals surface area (Å²) in [6, 6.07) is 7.34. The van der Waals surface area contributed by atoms with E-state index in [1.807, 2.05) is 24.3 Å². The maximum Gasteiger partial charge on any atom is 0.267 e. The van der Waals surface area contributed by atoms with E-state index >= 15 is 0 Å². The molecule has 0 saturated carbocycles. The van der Waals surface area contributed by atoms with Gasteiger partial charge in [0.2, 0.25) is 5.91 Å². The van der Waals surface area contributed by atoms with Crippen LogP contribution in [0.2, 0.25) is 0 Å². The number of ether oxygens (including phenoxy) is 2. The van der Waals surface area contributed by atoms with Gasteiger partial charge in [-0.15, -0.1) is 0 Å². The number of hydrazine groups is 1. The molecule has 1 aromatic heterocycles. The molecule has 0 aliphatic heterocycles. The number of carbonyl (C=O) groups excluding carboxylic acids is 2. The average Bonchev–Trinajstić information content (AvgIpc) is 2.65. The van der Waals surface area contributed by atoms with Gasteiger partial charge in [0.05, 0.1) is 20.1 Å². The lowest BCUT2D eigenvalue weighted by atomic mass is 10.2. The summed E-state index contributed by atoms with van der Waals surface area (Å²) in [6.07, 6.45) is 3.81. The highest BCUT2D eigenvalue weighted by molar-refractivity contribution is 5.85. The predicted molar refractivity (Wildman–Crippen MR) is 89.3 cm³/mol. The van der Waals surface area contributed by atoms with Crippen molar-refractivity contribution in [2.45, 2.75) is 26.1 Å². The number of nitrogens with zero attached hydrogens (tertiary/aromatic N) is 2. The predicted octanol–water partition coefficient (Wildman–Crippen LogP) is 0.780. The van der Waals surface area contributed by atoms with Crippen LogP contribution in [0.15, 0.2) is 43.0 Å². The molecule has 0 spiro atoms. The second-order valence-electron chi connectivity index (χ2n) is 5.26. The Hall–Kier alpha value is -3.00. The number of amides is 2. The van der Waals surface area contributed by atoms with Crippen molar-refractivity contribution in [3.05, 3.63) is 54.1 Å². The molecule has 0 bridgehead atoms. The molecule has 8 nitrogen and oxygen atoms in total. The van der Waals surface area contributed by atoms with Crippen molar-refractivity contribution in [1.82, 2.24) is 20.8 Å². The van der Waals surface area contributed by atoms with Crippen LogP contribution in [0.4, 0.5) is 0 Å². The molecular formula is C17H20N4O4. The second kappa shape index (κ2) is 9.33. The first-order valence-electron chi connectivity index (χ1n) is 7.65. The van der Waals surface area contributed by atoms with Gasteiger partial charge in [0.25, 0.3) is 5.91 Å². The number of methoxy groups -OCH3 is 1. The summed E-state index contributed by atoms with van der Waals surface area (Å²) in [5.41, 5.74) is 6.23. The largest absolute Gasteiger partial charge is 0.497 e. The summed E-state index contributed by atoms with van der Waals surface area (Å²) < 4.78 is 10.6. The van der Waals surface area contributed by atoms with Gasteiger partial charge in [-0.2, -0.15) is 0 Å². The molecule has 1 unspecified atom stereocenters. The summed E-state index contributed by atoms with van der Waals surface area (Å²) in [5, 5.41) is 0. The molecule has 2 N–H and O–H groups in total. The molecule has 8 heteroatoms. The van der Waals surface area contributed by atoms with Crippen LogP contribution in [-0.4, -0.2) is 35.0 Å². The number of carbonyl (C=O) groups is 2. The molecule has 1 atom stereocenters. The van der Waals surface area contributed by atoms with Crippen molar-refractivity contribution in [3.63, 3.8) is 0 Å². The standard InChI is InChI=1S/C17H20N4O4/c1-12(25-10-13-3-5-15(24-2)6-4-13)17(23)21-20-16(22)7-14-8-18-11-19-9-14/h3-6,8-9,11-12H,7,10H2,1-2H3,(H,20,22)(H,21,23). The minimum atomic E-state index is -0.720. The fraction of sp³-hybridized carbons (Fsp3) is 0.294. The van der Waals surface area contributed by atoms with Crippen LogP contribution in [0, 0.1) is 0 Å². The van der Waals surface area contributed by atoms with E-state index in [0.717, 1.165) is 11.3 Å². The van der Waals surface area contributed by atoms with Crippen LogP contribution in [0.3, 0.4) is 0 Å². The average molecular weight is 344 g/mol. The Labute approximate surface area is 145 Å². The molecule has 0 aliphatic rings. The maximum absolute atomic E-state index is 11.9. The second-order valence-corrected chi connectivity index (χ2v) is 5.26. The molecule has 0 saturated heterocycles. The Balaban J connectivity index is 1.71. The normalized spacial score (nSPS) is 11.4. The molecule has 25 heavy (non-hydrogen) atoms. The van der Waals surface area contributed by atoms with Gasteiger partial charge in [0, 0.05) is 12.4 Å². The van der Waals surface area contributed by atoms with Gasteiger partial charge in [-0.1, -0.05) is 12.1 Å². The van der Waals surface area contributed by atoms with Crippen molar-refractivity contribution in [1.29, 1.82) is 0 Å². The summed E-state index contributed by atoms with van der Waals surface area (Å²) in [4.78, 5) is 31.3. The third-order valence-corrected chi connectivity index (χ3v) is 3.33. The SMILES string of the molecule is COc1ccc(COC(C)C(=O)NNC(=O)Cc2cncnc2)cc1. The molecule has 0 fully saturated rings. The summed E-state index contributed by atoms with van der Waals surface area (Å²) in [7, 11) is 1.59. The highest BCUT2D eigenvalue weighted by atomic mass is 16.5. The Morgan fingerprint density at radius 1 is 1.08 bits per heavy atom. The van der Waals surface area contributed by atoms with Gasteiger partial charge >= 0.3 is 0 Å². The van der Waals surface area contributed by atoms with Crippen molar-refractivity contribution < 1.29 is 19.1 Å². The lowest BCUT2D eigenvalue weighted by Gasteiger charge is -2.14. The van der Waals surface area contributed by atoms with E-state index in [0.29, 0.717) is 5.56 Å². The molecule has 0 radical (unpaired) electrons. The first-order chi connectivity index (χ1) is 12.1. The van der Waals surface area contributed by atoms with E-state index in [4.69, 9.17) is 9.47 Å². The molecule has 132 valence electrons. The van der Waals surface area contributed by atoms with Gasteiger partial charge in [0.15, 0.2) is 0 Å². The lowest BCUT2D eigenvalue weighted by molar-refractivity contribution is -0.136. The highest BCUT2D eigenvalue weighted by Crippen LogP contribution is 2.12. The first-order valence-corrected chi connectivity index (χ1v) is 7.65. The number of hydrogen-bond acceptors (Lipinski definition) is 6. The molecular weight excluding hydrogens is 324 g/mol. The highest BCUT2D eigenvalue weighted by Gasteiger charge is 2.14. The molecule has 2 amide bonds. The fourth-order valence-corrected chi connectivity index (χ4v) is 1.90. The third kappa shape index (κ3) is 6.19. The minimum absolute atomic E-state index is 0.0716. The number of benzene rings is 1. The topological polar surface area (TPSA) is 102 Å². The molecule has 1 heterocycles. The monoisotopic (exact) mass is 344 g/mol. The smallest absolute Gasteiger partial charge is 0.267 e. The van der Waals surface area contributed by atoms with Gasteiger partial charge < -0.3 is 9.47 Å². The number of hydrogen-bond donors (Lipinski definition) is 2. The number of rotatable bonds is 7. The number of nitrogens with one attached hydrogen (secondary N) is 2. The maximum atomic E-state index is 11.9. The quantitative estimate of drug-likeness (QED) is 0.720. The van der Waals surface area contributed by atoms with Crippen LogP contribution < -0.4 is 15.6 Å². The van der Waals surface area contributed by atoms with Crippen LogP contribution in [-0.2, 0) is 27.4 Å². The molecule has 0 aliphatic carbocycles. The van der Waals surface area contributed by atoms with E-state index in [9.17, 15) is 9.59 Å². The lowest BCUT2D eigenvalue weighted by Crippen LogP contribution is -2.46. The van der Waals surface area contributed by atoms with Crippen LogP contribution in [0.5, 0.6) is 5.75 Å². The zero-order valence-electron chi connectivity index (χ0n) is 14.1. The minimum Gasteiger partial charge on any atom is -0.497 e. The summed E-state index contributed by atoms with van der Waals surface area (Å²) in [6.45, 7) is 1.88. The summed E-state index contributed by atoms with van der Waals surface area (Å²) in [5.74, 6) is -0.0576. The zero-order chi connectivity index (χ0) is 18.1.